The molecule has 0 fully saturated rings. The van der Waals surface area contributed by atoms with Gasteiger partial charge in [0.15, 0.2) is 0 Å². The van der Waals surface area contributed by atoms with Crippen LogP contribution in [-0.2, 0) is 11.2 Å². The van der Waals surface area contributed by atoms with Crippen molar-refractivity contribution < 1.29 is 22.4 Å². The Morgan fingerprint density at radius 2 is 2.21 bits per heavy atom. The average Bonchev–Trinajstić information content (AvgIpc) is 2.44. The summed E-state index contributed by atoms with van der Waals surface area (Å²) in [6.45, 7) is -1.34. The van der Waals surface area contributed by atoms with Crippen LogP contribution in [0.3, 0.4) is 0 Å². The Bertz CT molecular complexity index is 332. The van der Waals surface area contributed by atoms with E-state index in [-0.39, 0.29) is 17.9 Å². The first-order valence-electron chi connectivity index (χ1n) is 3.66. The van der Waals surface area contributed by atoms with Gasteiger partial charge >= 0.3 is 11.0 Å². The van der Waals surface area contributed by atoms with Gasteiger partial charge in [-0.1, -0.05) is 0 Å². The van der Waals surface area contributed by atoms with Gasteiger partial charge in [-0.25, -0.2) is 5.16 Å². The third kappa shape index (κ3) is 4.38. The molecule has 0 aliphatic heterocycles. The van der Waals surface area contributed by atoms with Crippen molar-refractivity contribution in [2.24, 2.45) is 0 Å². The number of halogens is 3. The SMILES string of the molecule is FC(F)(F)COCCc1nc(=S)o[nH]1. The summed E-state index contributed by atoms with van der Waals surface area (Å²) in [5.41, 5.74) is 0. The van der Waals surface area contributed by atoms with Crippen LogP contribution in [0.1, 0.15) is 5.82 Å². The lowest BCUT2D eigenvalue weighted by Gasteiger charge is -2.05. The molecule has 1 N–H and O–H groups in total. The fraction of sp³-hybridized carbons (Fsp3) is 0.667. The summed E-state index contributed by atoms with van der Waals surface area (Å²) in [4.78, 5) is 3.70. The molecule has 8 heteroatoms. The molecule has 1 aromatic heterocycles. The number of aromatic amines is 1. The van der Waals surface area contributed by atoms with E-state index in [4.69, 9.17) is 0 Å². The second-order valence-corrected chi connectivity index (χ2v) is 2.80. The lowest BCUT2D eigenvalue weighted by atomic mass is 10.4. The molecule has 0 spiro atoms. The molecule has 0 aliphatic carbocycles. The van der Waals surface area contributed by atoms with Crippen LogP contribution in [0.25, 0.3) is 0 Å². The van der Waals surface area contributed by atoms with Crippen molar-refractivity contribution in [3.8, 4) is 0 Å². The highest BCUT2D eigenvalue weighted by Gasteiger charge is 2.27. The van der Waals surface area contributed by atoms with Gasteiger partial charge in [0.05, 0.1) is 6.61 Å². The molecule has 0 unspecified atom stereocenters. The highest BCUT2D eigenvalue weighted by atomic mass is 32.1. The molecule has 14 heavy (non-hydrogen) atoms. The average molecular weight is 228 g/mol. The van der Waals surface area contributed by atoms with Crippen molar-refractivity contribution in [3.63, 3.8) is 0 Å². The number of alkyl halides is 3. The molecule has 1 heterocycles. The summed E-state index contributed by atoms with van der Waals surface area (Å²) >= 11 is 4.54. The van der Waals surface area contributed by atoms with Gasteiger partial charge in [-0.2, -0.15) is 18.2 Å². The van der Waals surface area contributed by atoms with Crippen LogP contribution in [0.4, 0.5) is 13.2 Å². The first-order chi connectivity index (χ1) is 6.47. The number of aromatic nitrogens is 2. The lowest BCUT2D eigenvalue weighted by Crippen LogP contribution is -2.18. The van der Waals surface area contributed by atoms with Crippen LogP contribution >= 0.6 is 12.2 Å². The van der Waals surface area contributed by atoms with Gasteiger partial charge in [0, 0.05) is 6.42 Å². The number of nitrogens with zero attached hydrogens (tertiary/aromatic N) is 1. The minimum absolute atomic E-state index is 0.0239. The Hall–Kier alpha value is -0.890. The number of nitrogens with one attached hydrogen (secondary N) is 1. The normalized spacial score (nSPS) is 11.9. The van der Waals surface area contributed by atoms with Gasteiger partial charge in [-0.15, -0.1) is 0 Å². The molecule has 0 aromatic carbocycles. The summed E-state index contributed by atoms with van der Waals surface area (Å²) < 4.78 is 43.7. The maximum absolute atomic E-state index is 11.6. The summed E-state index contributed by atoms with van der Waals surface area (Å²) in [5, 5.41) is 2.35. The number of rotatable bonds is 4. The van der Waals surface area contributed by atoms with Gasteiger partial charge in [0.1, 0.15) is 12.4 Å². The molecule has 4 nitrogen and oxygen atoms in total. The zero-order valence-corrected chi connectivity index (χ0v) is 7.74. The Balaban J connectivity index is 2.19. The second kappa shape index (κ2) is 4.56. The van der Waals surface area contributed by atoms with E-state index in [0.717, 1.165) is 0 Å². The van der Waals surface area contributed by atoms with Gasteiger partial charge in [-0.3, -0.25) is 0 Å². The van der Waals surface area contributed by atoms with Gasteiger partial charge in [0.2, 0.25) is 0 Å². The zero-order chi connectivity index (χ0) is 10.6. The topological polar surface area (TPSA) is 51.1 Å². The van der Waals surface area contributed by atoms with Crippen LogP contribution in [0.15, 0.2) is 4.52 Å². The first kappa shape index (κ1) is 11.2. The largest absolute Gasteiger partial charge is 0.411 e. The smallest absolute Gasteiger partial charge is 0.372 e. The van der Waals surface area contributed by atoms with E-state index in [1.54, 1.807) is 0 Å². The van der Waals surface area contributed by atoms with Gasteiger partial charge in [-0.05, 0) is 12.2 Å². The lowest BCUT2D eigenvalue weighted by molar-refractivity contribution is -0.173. The molecule has 0 atom stereocenters. The Morgan fingerprint density at radius 1 is 1.50 bits per heavy atom. The third-order valence-electron chi connectivity index (χ3n) is 1.23. The molecule has 80 valence electrons. The molecule has 0 amide bonds. The summed E-state index contributed by atoms with van der Waals surface area (Å²) in [6.07, 6.45) is -4.09. The number of ether oxygens (including phenoxy) is 1. The fourth-order valence-corrected chi connectivity index (χ4v) is 0.874. The Kier molecular flexibility index (Phi) is 3.64. The second-order valence-electron chi connectivity index (χ2n) is 2.45. The molecular formula is C6H7F3N2O2S. The number of hydrogen-bond acceptors (Lipinski definition) is 4. The molecule has 1 aromatic rings. The predicted molar refractivity (Wildman–Crippen MR) is 42.3 cm³/mol. The van der Waals surface area contributed by atoms with E-state index in [1.807, 2.05) is 0 Å². The summed E-state index contributed by atoms with van der Waals surface area (Å²) in [6, 6.07) is 0. The highest BCUT2D eigenvalue weighted by Crippen LogP contribution is 2.14. The quantitative estimate of drug-likeness (QED) is 0.631. The minimum atomic E-state index is -4.29. The predicted octanol–water partition coefficient (Wildman–Crippen LogP) is 1.85. The van der Waals surface area contributed by atoms with Crippen molar-refractivity contribution >= 4 is 12.2 Å². The Morgan fingerprint density at radius 3 is 2.71 bits per heavy atom. The fourth-order valence-electron chi connectivity index (χ4n) is 0.722. The van der Waals surface area contributed by atoms with E-state index in [2.05, 4.69) is 31.6 Å². The van der Waals surface area contributed by atoms with Crippen LogP contribution in [0, 0.1) is 4.84 Å². The molecule has 0 bridgehead atoms. The maximum Gasteiger partial charge on any atom is 0.411 e. The highest BCUT2D eigenvalue weighted by molar-refractivity contribution is 7.71. The molecular weight excluding hydrogens is 221 g/mol. The molecule has 1 rings (SSSR count). The number of hydrogen-bond donors (Lipinski definition) is 1. The van der Waals surface area contributed by atoms with E-state index in [1.165, 1.54) is 0 Å². The standard InChI is InChI=1S/C6H7F3N2O2S/c7-6(8,9)3-12-2-1-4-10-5(14)13-11-4/h1-3H2,(H,10,11,14). The monoisotopic (exact) mass is 228 g/mol. The third-order valence-corrected chi connectivity index (χ3v) is 1.41. The van der Waals surface area contributed by atoms with Crippen molar-refractivity contribution in [1.82, 2.24) is 10.1 Å². The number of H-pyrrole nitrogens is 1. The van der Waals surface area contributed by atoms with Gasteiger partial charge in [0.25, 0.3) is 0 Å². The molecule has 0 saturated carbocycles. The van der Waals surface area contributed by atoms with E-state index < -0.39 is 12.8 Å². The van der Waals surface area contributed by atoms with Crippen molar-refractivity contribution in [1.29, 1.82) is 0 Å². The van der Waals surface area contributed by atoms with Crippen molar-refractivity contribution in [2.45, 2.75) is 12.6 Å². The van der Waals surface area contributed by atoms with Crippen LogP contribution in [0.5, 0.6) is 0 Å². The van der Waals surface area contributed by atoms with E-state index in [0.29, 0.717) is 5.82 Å². The Labute approximate surface area is 82.0 Å². The van der Waals surface area contributed by atoms with Crippen LogP contribution < -0.4 is 0 Å². The molecule has 0 radical (unpaired) electrons. The van der Waals surface area contributed by atoms with E-state index in [9.17, 15) is 13.2 Å². The van der Waals surface area contributed by atoms with Crippen molar-refractivity contribution in [3.05, 3.63) is 10.7 Å². The van der Waals surface area contributed by atoms with Crippen LogP contribution in [-0.4, -0.2) is 29.5 Å². The minimum Gasteiger partial charge on any atom is -0.372 e. The summed E-state index contributed by atoms with van der Waals surface area (Å²) in [7, 11) is 0. The molecule has 0 aliphatic rings. The van der Waals surface area contributed by atoms with Crippen molar-refractivity contribution in [2.75, 3.05) is 13.2 Å². The first-order valence-corrected chi connectivity index (χ1v) is 4.07. The van der Waals surface area contributed by atoms with E-state index >= 15 is 0 Å². The zero-order valence-electron chi connectivity index (χ0n) is 6.93. The molecule has 0 saturated heterocycles. The van der Waals surface area contributed by atoms with Crippen LogP contribution in [0.2, 0.25) is 0 Å². The van der Waals surface area contributed by atoms with Gasteiger partial charge < -0.3 is 9.26 Å². The summed E-state index contributed by atoms with van der Waals surface area (Å²) in [5.74, 6) is 0.372. The maximum atomic E-state index is 11.6.